The molecule has 0 radical (unpaired) electrons. The van der Waals surface area contributed by atoms with E-state index in [1.165, 1.54) is 18.5 Å². The van der Waals surface area contributed by atoms with Crippen molar-refractivity contribution in [1.82, 2.24) is 15.1 Å². The molecule has 202 valence electrons. The van der Waals surface area contributed by atoms with Crippen molar-refractivity contribution in [2.45, 2.75) is 87.1 Å². The van der Waals surface area contributed by atoms with Gasteiger partial charge in [0.1, 0.15) is 18.2 Å². The van der Waals surface area contributed by atoms with Crippen LogP contribution in [0.25, 0.3) is 0 Å². The van der Waals surface area contributed by atoms with Gasteiger partial charge in [-0.2, -0.15) is 11.8 Å². The average molecular weight is 528 g/mol. The molecule has 1 aromatic carbocycles. The van der Waals surface area contributed by atoms with Crippen LogP contribution in [0.4, 0.5) is 0 Å². The van der Waals surface area contributed by atoms with Gasteiger partial charge < -0.3 is 19.9 Å². The number of fused-ring (bicyclic) bond motifs is 1. The van der Waals surface area contributed by atoms with Crippen LogP contribution in [0.15, 0.2) is 24.3 Å². The molecule has 8 heteroatoms. The Kier molecular flexibility index (Phi) is 8.27. The number of rotatable bonds is 7. The van der Waals surface area contributed by atoms with E-state index >= 15 is 0 Å². The number of likely N-dealkylation sites (tertiary alicyclic amines) is 2. The average Bonchev–Trinajstić information content (AvgIpc) is 3.49. The molecule has 3 atom stereocenters. The first-order chi connectivity index (χ1) is 18.0. The van der Waals surface area contributed by atoms with Crippen LogP contribution < -0.4 is 5.32 Å². The number of nitrogens with one attached hydrogen (secondary N) is 1. The molecule has 1 aliphatic carbocycles. The van der Waals surface area contributed by atoms with Gasteiger partial charge in [-0.25, -0.2) is 0 Å². The van der Waals surface area contributed by atoms with E-state index in [0.717, 1.165) is 45.2 Å². The minimum absolute atomic E-state index is 0.0247. The van der Waals surface area contributed by atoms with Crippen LogP contribution in [-0.4, -0.2) is 89.4 Å². The highest BCUT2D eigenvalue weighted by Gasteiger charge is 2.56. The summed E-state index contributed by atoms with van der Waals surface area (Å²) in [6, 6.07) is 7.48. The number of benzene rings is 1. The maximum atomic E-state index is 14.1. The van der Waals surface area contributed by atoms with Gasteiger partial charge in [0.25, 0.3) is 5.91 Å². The Labute approximate surface area is 225 Å². The lowest BCUT2D eigenvalue weighted by Gasteiger charge is -2.40. The second kappa shape index (κ2) is 11.5. The minimum Gasteiger partial charge on any atom is -0.367 e. The quantitative estimate of drug-likeness (QED) is 0.584. The van der Waals surface area contributed by atoms with E-state index in [0.29, 0.717) is 30.9 Å². The summed E-state index contributed by atoms with van der Waals surface area (Å²) in [6.07, 6.45) is 9.30. The van der Waals surface area contributed by atoms with E-state index in [-0.39, 0.29) is 35.6 Å². The molecular weight excluding hydrogens is 486 g/mol. The molecule has 2 amide bonds. The minimum atomic E-state index is -0.958. The van der Waals surface area contributed by atoms with Crippen LogP contribution in [0.5, 0.6) is 0 Å². The Hall–Kier alpha value is -1.90. The van der Waals surface area contributed by atoms with Crippen molar-refractivity contribution in [3.8, 4) is 0 Å². The Bertz CT molecular complexity index is 985. The summed E-state index contributed by atoms with van der Waals surface area (Å²) in [7, 11) is 0. The first-order valence-corrected chi connectivity index (χ1v) is 15.4. The van der Waals surface area contributed by atoms with Crippen molar-refractivity contribution in [1.29, 1.82) is 0 Å². The fourth-order valence-electron chi connectivity index (χ4n) is 6.85. The van der Waals surface area contributed by atoms with E-state index in [4.69, 9.17) is 4.74 Å². The van der Waals surface area contributed by atoms with Gasteiger partial charge >= 0.3 is 0 Å². The summed E-state index contributed by atoms with van der Waals surface area (Å²) in [4.78, 5) is 44.4. The number of carbonyl (C=O) groups is 3. The highest BCUT2D eigenvalue weighted by atomic mass is 32.2. The Morgan fingerprint density at radius 1 is 1.11 bits per heavy atom. The number of nitrogens with zero attached hydrogens (tertiary/aromatic N) is 2. The van der Waals surface area contributed by atoms with Gasteiger partial charge in [0.05, 0.1) is 11.4 Å². The van der Waals surface area contributed by atoms with Crippen LogP contribution in [0.3, 0.4) is 0 Å². The largest absolute Gasteiger partial charge is 0.367 e. The fourth-order valence-corrected chi connectivity index (χ4v) is 7.66. The molecule has 3 heterocycles. The SMILES string of the molecule is CCCN1CCC(c2ccc(C(=O)NC3(C(=O)N4C[C@H](SC)[C@H]5OCC(=O)[C@H]54)CCCCC3)cc2)CC1. The highest BCUT2D eigenvalue weighted by molar-refractivity contribution is 7.99. The number of carbonyl (C=O) groups excluding carboxylic acids is 3. The molecule has 1 aromatic rings. The van der Waals surface area contributed by atoms with Gasteiger partial charge in [0.2, 0.25) is 5.91 Å². The number of hydrogen-bond donors (Lipinski definition) is 1. The maximum Gasteiger partial charge on any atom is 0.252 e. The zero-order valence-corrected chi connectivity index (χ0v) is 23.1. The molecule has 1 saturated carbocycles. The third kappa shape index (κ3) is 5.34. The lowest BCUT2D eigenvalue weighted by atomic mass is 9.80. The van der Waals surface area contributed by atoms with Crippen molar-refractivity contribution < 1.29 is 19.1 Å². The smallest absolute Gasteiger partial charge is 0.252 e. The molecule has 7 nitrogen and oxygen atoms in total. The summed E-state index contributed by atoms with van der Waals surface area (Å²) < 4.78 is 5.77. The van der Waals surface area contributed by atoms with E-state index < -0.39 is 11.6 Å². The van der Waals surface area contributed by atoms with Crippen molar-refractivity contribution in [2.75, 3.05) is 39.0 Å². The zero-order chi connectivity index (χ0) is 26.0. The summed E-state index contributed by atoms with van der Waals surface area (Å²) in [5, 5.41) is 3.26. The lowest BCUT2D eigenvalue weighted by Crippen LogP contribution is -2.62. The summed E-state index contributed by atoms with van der Waals surface area (Å²) >= 11 is 1.64. The number of ketones is 1. The van der Waals surface area contributed by atoms with Gasteiger partial charge in [-0.05, 0) is 81.6 Å². The molecule has 0 unspecified atom stereocenters. The molecule has 1 N–H and O–H groups in total. The third-order valence-electron chi connectivity index (χ3n) is 8.94. The standard InChI is InChI=1S/C29H41N3O4S/c1-3-15-31-16-11-21(12-17-31)20-7-9-22(10-8-20)27(34)30-29(13-5-4-6-14-29)28(35)32-18-24(37-2)26-25(32)23(33)19-36-26/h7-10,21,24-26H,3-6,11-19H2,1-2H3,(H,30,34)/t24-,25+,26+/m0/s1. The van der Waals surface area contributed by atoms with E-state index in [2.05, 4.69) is 29.3 Å². The summed E-state index contributed by atoms with van der Waals surface area (Å²) in [5.41, 5.74) is 0.925. The highest BCUT2D eigenvalue weighted by Crippen LogP contribution is 2.38. The topological polar surface area (TPSA) is 79.0 Å². The monoisotopic (exact) mass is 527 g/mol. The number of piperidine rings is 1. The normalized spacial score (nSPS) is 28.3. The molecule has 0 aromatic heterocycles. The molecule has 5 rings (SSSR count). The molecule has 3 aliphatic heterocycles. The van der Waals surface area contributed by atoms with Crippen molar-refractivity contribution >= 4 is 29.4 Å². The molecule has 0 spiro atoms. The Morgan fingerprint density at radius 2 is 1.81 bits per heavy atom. The fraction of sp³-hybridized carbons (Fsp3) is 0.690. The van der Waals surface area contributed by atoms with E-state index in [1.54, 1.807) is 16.7 Å². The number of amides is 2. The van der Waals surface area contributed by atoms with Crippen LogP contribution in [0.2, 0.25) is 0 Å². The summed E-state index contributed by atoms with van der Waals surface area (Å²) in [6.45, 7) is 6.23. The van der Waals surface area contributed by atoms with Crippen LogP contribution in [0.1, 0.15) is 80.1 Å². The van der Waals surface area contributed by atoms with Crippen LogP contribution in [-0.2, 0) is 14.3 Å². The predicted molar refractivity (Wildman–Crippen MR) is 146 cm³/mol. The first-order valence-electron chi connectivity index (χ1n) is 14.1. The first kappa shape index (κ1) is 26.7. The third-order valence-corrected chi connectivity index (χ3v) is 9.97. The number of hydrogen-bond acceptors (Lipinski definition) is 6. The lowest BCUT2D eigenvalue weighted by molar-refractivity contribution is -0.143. The Balaban J connectivity index is 1.29. The number of Topliss-reactive ketones (excluding diaryl/α,β-unsaturated/α-hetero) is 1. The maximum absolute atomic E-state index is 14.1. The van der Waals surface area contributed by atoms with Gasteiger partial charge in [-0.3, -0.25) is 14.4 Å². The van der Waals surface area contributed by atoms with E-state index in [1.807, 2.05) is 18.4 Å². The molecule has 0 bridgehead atoms. The van der Waals surface area contributed by atoms with Crippen molar-refractivity contribution in [2.24, 2.45) is 0 Å². The zero-order valence-electron chi connectivity index (χ0n) is 22.2. The molecule has 4 aliphatic rings. The predicted octanol–water partition coefficient (Wildman–Crippen LogP) is 3.62. The summed E-state index contributed by atoms with van der Waals surface area (Å²) in [5.74, 6) is 0.200. The number of thioether (sulfide) groups is 1. The van der Waals surface area contributed by atoms with Gasteiger partial charge in [0, 0.05) is 12.1 Å². The van der Waals surface area contributed by atoms with Crippen molar-refractivity contribution in [3.05, 3.63) is 35.4 Å². The Morgan fingerprint density at radius 3 is 2.46 bits per heavy atom. The van der Waals surface area contributed by atoms with Gasteiger partial charge in [-0.1, -0.05) is 38.3 Å². The second-order valence-electron chi connectivity index (χ2n) is 11.3. The molecule has 3 saturated heterocycles. The molecule has 37 heavy (non-hydrogen) atoms. The van der Waals surface area contributed by atoms with Gasteiger partial charge in [0.15, 0.2) is 5.78 Å². The van der Waals surface area contributed by atoms with Crippen molar-refractivity contribution in [3.63, 3.8) is 0 Å². The number of ether oxygens (including phenoxy) is 1. The molecule has 4 fully saturated rings. The van der Waals surface area contributed by atoms with Crippen LogP contribution >= 0.6 is 11.8 Å². The second-order valence-corrected chi connectivity index (χ2v) is 12.3. The molecular formula is C29H41N3O4S. The van der Waals surface area contributed by atoms with Crippen LogP contribution in [0, 0.1) is 0 Å². The van der Waals surface area contributed by atoms with E-state index in [9.17, 15) is 14.4 Å². The van der Waals surface area contributed by atoms with Gasteiger partial charge in [-0.15, -0.1) is 0 Å².